The molecule has 3 rings (SSSR count). The number of fused-ring (bicyclic) bond motifs is 1. The molecule has 0 saturated heterocycles. The van der Waals surface area contributed by atoms with Crippen LogP contribution in [0.15, 0.2) is 47.4 Å². The highest BCUT2D eigenvalue weighted by molar-refractivity contribution is 7.86. The number of para-hydroxylation sites is 2. The molecule has 102 valence electrons. The molecule has 7 nitrogen and oxygen atoms in total. The first-order valence-electron chi connectivity index (χ1n) is 5.59. The van der Waals surface area contributed by atoms with E-state index >= 15 is 0 Å². The second kappa shape index (κ2) is 4.29. The highest BCUT2D eigenvalue weighted by atomic mass is 32.2. The summed E-state index contributed by atoms with van der Waals surface area (Å²) in [7, 11) is -4.39. The highest BCUT2D eigenvalue weighted by Gasteiger charge is 2.18. The van der Waals surface area contributed by atoms with Crippen molar-refractivity contribution in [3.8, 4) is 11.4 Å². The maximum Gasteiger partial charge on any atom is 0.296 e. The summed E-state index contributed by atoms with van der Waals surface area (Å²) in [4.78, 5) is 0.797. The number of hydrogen-bond donors (Lipinski definition) is 2. The Balaban J connectivity index is 2.30. The molecule has 3 aromatic rings. The Labute approximate surface area is 113 Å². The molecule has 8 heteroatoms. The van der Waals surface area contributed by atoms with Gasteiger partial charge < -0.3 is 5.11 Å². The van der Waals surface area contributed by atoms with E-state index in [1.54, 1.807) is 24.3 Å². The van der Waals surface area contributed by atoms with Crippen LogP contribution in [0.2, 0.25) is 0 Å². The number of rotatable bonds is 2. The van der Waals surface area contributed by atoms with E-state index in [1.807, 2.05) is 0 Å². The molecule has 0 saturated carbocycles. The van der Waals surface area contributed by atoms with Gasteiger partial charge in [-0.3, -0.25) is 4.55 Å². The van der Waals surface area contributed by atoms with Gasteiger partial charge in [-0.1, -0.05) is 18.2 Å². The van der Waals surface area contributed by atoms with E-state index in [0.29, 0.717) is 11.2 Å². The molecule has 0 fully saturated rings. The molecule has 0 aliphatic carbocycles. The van der Waals surface area contributed by atoms with Gasteiger partial charge in [0.1, 0.15) is 27.4 Å². The van der Waals surface area contributed by atoms with E-state index in [4.69, 9.17) is 4.55 Å². The zero-order chi connectivity index (χ0) is 14.3. The fraction of sp³-hybridized carbons (Fsp3) is 0. The Hall–Kier alpha value is -2.45. The molecular weight excluding hydrogens is 282 g/mol. The summed E-state index contributed by atoms with van der Waals surface area (Å²) in [6.45, 7) is 0. The van der Waals surface area contributed by atoms with Crippen LogP contribution in [-0.4, -0.2) is 33.1 Å². The van der Waals surface area contributed by atoms with Crippen LogP contribution in [-0.2, 0) is 10.1 Å². The molecule has 0 atom stereocenters. The summed E-state index contributed by atoms with van der Waals surface area (Å²) in [5.41, 5.74) is 0.645. The molecule has 0 radical (unpaired) electrons. The van der Waals surface area contributed by atoms with Crippen molar-refractivity contribution in [2.45, 2.75) is 4.90 Å². The van der Waals surface area contributed by atoms with Gasteiger partial charge in [-0.2, -0.15) is 8.42 Å². The first kappa shape index (κ1) is 12.6. The first-order chi connectivity index (χ1) is 9.47. The third-order valence-corrected chi connectivity index (χ3v) is 3.64. The van der Waals surface area contributed by atoms with Crippen molar-refractivity contribution in [1.82, 2.24) is 15.0 Å². The predicted molar refractivity (Wildman–Crippen MR) is 70.3 cm³/mol. The molecule has 20 heavy (non-hydrogen) atoms. The van der Waals surface area contributed by atoms with Crippen LogP contribution in [0.25, 0.3) is 16.7 Å². The van der Waals surface area contributed by atoms with Gasteiger partial charge in [0, 0.05) is 0 Å². The molecule has 2 N–H and O–H groups in total. The van der Waals surface area contributed by atoms with E-state index in [-0.39, 0.29) is 16.2 Å². The largest absolute Gasteiger partial charge is 0.506 e. The van der Waals surface area contributed by atoms with Crippen LogP contribution in [0.3, 0.4) is 0 Å². The smallest absolute Gasteiger partial charge is 0.296 e. The van der Waals surface area contributed by atoms with Crippen LogP contribution in [0.4, 0.5) is 0 Å². The Morgan fingerprint density at radius 2 is 1.75 bits per heavy atom. The fourth-order valence-corrected chi connectivity index (χ4v) is 2.50. The van der Waals surface area contributed by atoms with Crippen molar-refractivity contribution >= 4 is 21.2 Å². The minimum Gasteiger partial charge on any atom is -0.506 e. The Bertz CT molecular complexity index is 902. The maximum atomic E-state index is 11.3. The summed E-state index contributed by atoms with van der Waals surface area (Å²) in [6, 6.07) is 10.6. The molecule has 0 aliphatic rings. The number of aromatic hydroxyl groups is 1. The molecule has 0 bridgehead atoms. The van der Waals surface area contributed by atoms with Crippen molar-refractivity contribution in [3.05, 3.63) is 42.5 Å². The van der Waals surface area contributed by atoms with Gasteiger partial charge in [-0.05, 0) is 24.3 Å². The number of nitrogens with zero attached hydrogens (tertiary/aromatic N) is 3. The summed E-state index contributed by atoms with van der Waals surface area (Å²) < 4.78 is 31.7. The average molecular weight is 291 g/mol. The van der Waals surface area contributed by atoms with Gasteiger partial charge in [0.25, 0.3) is 10.1 Å². The summed E-state index contributed by atoms with van der Waals surface area (Å²) in [5, 5.41) is 17.9. The standard InChI is InChI=1S/C12H9N3O4S/c16-10-6-2-1-5-9(10)15-13-8-4-3-7-11(12(8)14-15)20(17,18)19/h1-7,16H,(H,17,18,19). The lowest BCUT2D eigenvalue weighted by Crippen LogP contribution is -2.00. The third kappa shape index (κ3) is 2.00. The van der Waals surface area contributed by atoms with Crippen molar-refractivity contribution in [2.75, 3.05) is 0 Å². The van der Waals surface area contributed by atoms with Crippen molar-refractivity contribution in [2.24, 2.45) is 0 Å². The van der Waals surface area contributed by atoms with Crippen LogP contribution >= 0.6 is 0 Å². The van der Waals surface area contributed by atoms with Crippen molar-refractivity contribution in [1.29, 1.82) is 0 Å². The molecule has 0 amide bonds. The lowest BCUT2D eigenvalue weighted by Gasteiger charge is -2.00. The molecular formula is C12H9N3O4S. The summed E-state index contributed by atoms with van der Waals surface area (Å²) in [5.74, 6) is -0.0405. The fourth-order valence-electron chi connectivity index (χ4n) is 1.86. The Kier molecular flexibility index (Phi) is 2.70. The van der Waals surface area contributed by atoms with Gasteiger partial charge in [0.2, 0.25) is 0 Å². The monoisotopic (exact) mass is 291 g/mol. The van der Waals surface area contributed by atoms with Crippen LogP contribution in [0.1, 0.15) is 0 Å². The summed E-state index contributed by atoms with van der Waals surface area (Å²) in [6.07, 6.45) is 0. The van der Waals surface area contributed by atoms with Crippen LogP contribution < -0.4 is 0 Å². The van der Waals surface area contributed by atoms with Crippen LogP contribution in [0, 0.1) is 0 Å². The number of phenols is 1. The Morgan fingerprint density at radius 3 is 2.45 bits per heavy atom. The van der Waals surface area contributed by atoms with E-state index < -0.39 is 10.1 Å². The second-order valence-electron chi connectivity index (χ2n) is 4.08. The molecule has 0 spiro atoms. The van der Waals surface area contributed by atoms with Gasteiger partial charge in [-0.25, -0.2) is 0 Å². The zero-order valence-electron chi connectivity index (χ0n) is 10.0. The maximum absolute atomic E-state index is 11.3. The van der Waals surface area contributed by atoms with Gasteiger partial charge in [0.15, 0.2) is 0 Å². The van der Waals surface area contributed by atoms with Gasteiger partial charge >= 0.3 is 0 Å². The van der Waals surface area contributed by atoms with Crippen molar-refractivity contribution < 1.29 is 18.1 Å². The Morgan fingerprint density at radius 1 is 1.00 bits per heavy atom. The molecule has 2 aromatic carbocycles. The van der Waals surface area contributed by atoms with E-state index in [2.05, 4.69) is 10.2 Å². The number of hydrogen-bond acceptors (Lipinski definition) is 5. The SMILES string of the molecule is O=S(=O)(O)c1cccc2nn(-c3ccccc3O)nc12. The normalized spacial score (nSPS) is 11.8. The second-order valence-corrected chi connectivity index (χ2v) is 5.47. The third-order valence-electron chi connectivity index (χ3n) is 2.75. The molecule has 0 aliphatic heterocycles. The minimum absolute atomic E-state index is 0.0400. The number of phenolic OH excluding ortho intramolecular Hbond substituents is 1. The van der Waals surface area contributed by atoms with Crippen molar-refractivity contribution in [3.63, 3.8) is 0 Å². The van der Waals surface area contributed by atoms with Gasteiger partial charge in [-0.15, -0.1) is 15.0 Å². The molecule has 0 unspecified atom stereocenters. The average Bonchev–Trinajstić information content (AvgIpc) is 2.81. The number of aromatic nitrogens is 3. The number of benzene rings is 2. The van der Waals surface area contributed by atoms with Crippen LogP contribution in [0.5, 0.6) is 5.75 Å². The van der Waals surface area contributed by atoms with E-state index in [0.717, 1.165) is 4.80 Å². The lowest BCUT2D eigenvalue weighted by molar-refractivity contribution is 0.468. The molecule has 1 aromatic heterocycles. The topological polar surface area (TPSA) is 105 Å². The van der Waals surface area contributed by atoms with E-state index in [9.17, 15) is 13.5 Å². The summed E-state index contributed by atoms with van der Waals surface area (Å²) >= 11 is 0. The predicted octanol–water partition coefficient (Wildman–Crippen LogP) is 1.37. The van der Waals surface area contributed by atoms with Gasteiger partial charge in [0.05, 0.1) is 0 Å². The molecule has 1 heterocycles. The first-order valence-corrected chi connectivity index (χ1v) is 7.03. The quantitative estimate of drug-likeness (QED) is 0.691. The van der Waals surface area contributed by atoms with E-state index in [1.165, 1.54) is 18.2 Å². The zero-order valence-corrected chi connectivity index (χ0v) is 10.8. The lowest BCUT2D eigenvalue weighted by atomic mass is 10.3. The minimum atomic E-state index is -4.39. The highest BCUT2D eigenvalue weighted by Crippen LogP contribution is 2.23.